The van der Waals surface area contributed by atoms with Crippen LogP contribution in [0.5, 0.6) is 0 Å². The molecule has 1 amide bonds. The Morgan fingerprint density at radius 2 is 2.15 bits per heavy atom. The molecule has 5 heterocycles. The van der Waals surface area contributed by atoms with Crippen molar-refractivity contribution in [3.63, 3.8) is 0 Å². The fourth-order valence-corrected chi connectivity index (χ4v) is 4.14. The highest BCUT2D eigenvalue weighted by Gasteiger charge is 2.37. The first kappa shape index (κ1) is 21.6. The Hall–Kier alpha value is -3.25. The van der Waals surface area contributed by atoms with E-state index in [1.54, 1.807) is 13.3 Å². The van der Waals surface area contributed by atoms with Gasteiger partial charge < -0.3 is 19.5 Å². The molecule has 5 rings (SSSR count). The van der Waals surface area contributed by atoms with E-state index in [0.29, 0.717) is 31.6 Å². The number of pyridine rings is 2. The highest BCUT2D eigenvalue weighted by Crippen LogP contribution is 2.29. The Balaban J connectivity index is 1.64. The molecule has 2 fully saturated rings. The van der Waals surface area contributed by atoms with Crippen LogP contribution in [0.4, 0.5) is 5.82 Å². The summed E-state index contributed by atoms with van der Waals surface area (Å²) >= 11 is 0. The van der Waals surface area contributed by atoms with Crippen LogP contribution in [0.25, 0.3) is 16.7 Å². The van der Waals surface area contributed by atoms with Crippen LogP contribution in [0, 0.1) is 18.8 Å². The van der Waals surface area contributed by atoms with Crippen LogP contribution in [0.1, 0.15) is 36.1 Å². The lowest BCUT2D eigenvalue weighted by Crippen LogP contribution is -2.50. The molecule has 3 aromatic heterocycles. The monoisotopic (exact) mass is 446 g/mol. The van der Waals surface area contributed by atoms with Crippen LogP contribution >= 0.6 is 0 Å². The number of hydrogen-bond acceptors (Lipinski definition) is 6. The average molecular weight is 447 g/mol. The van der Waals surface area contributed by atoms with E-state index in [0.717, 1.165) is 46.6 Å². The lowest BCUT2D eigenvalue weighted by atomic mass is 10.0. The standard InChI is InChI=1S/C25H26N4O4/c1-16-8-21(19-5-7-32-13-19)28-24(9-16)29-12-18(4-6-25(31-3)14-33-15-25)20-11-26-23(10-22(20)29)27-17(2)30/h8-12,19H,5,7,13-15H2,1-3H3,(H,26,27,30). The minimum atomic E-state index is -0.574. The molecule has 0 spiro atoms. The molecule has 0 aliphatic carbocycles. The number of ether oxygens (including phenoxy) is 3. The van der Waals surface area contributed by atoms with Gasteiger partial charge in [-0.15, -0.1) is 0 Å². The summed E-state index contributed by atoms with van der Waals surface area (Å²) in [6.45, 7) is 5.89. The van der Waals surface area contributed by atoms with Crippen molar-refractivity contribution in [1.82, 2.24) is 14.5 Å². The summed E-state index contributed by atoms with van der Waals surface area (Å²) in [5.74, 6) is 7.88. The number of nitrogens with zero attached hydrogens (tertiary/aromatic N) is 3. The Kier molecular flexibility index (Phi) is 5.62. The summed E-state index contributed by atoms with van der Waals surface area (Å²) in [7, 11) is 1.65. The zero-order chi connectivity index (χ0) is 23.0. The molecule has 0 aromatic carbocycles. The van der Waals surface area contributed by atoms with Crippen LogP contribution in [0.2, 0.25) is 0 Å². The zero-order valence-corrected chi connectivity index (χ0v) is 19.0. The van der Waals surface area contributed by atoms with E-state index in [-0.39, 0.29) is 5.91 Å². The maximum absolute atomic E-state index is 11.6. The number of nitrogens with one attached hydrogen (secondary N) is 1. The van der Waals surface area contributed by atoms with Crippen molar-refractivity contribution >= 4 is 22.6 Å². The van der Waals surface area contributed by atoms with Crippen LogP contribution in [-0.2, 0) is 19.0 Å². The third kappa shape index (κ3) is 4.23. The maximum Gasteiger partial charge on any atom is 0.222 e. The lowest BCUT2D eigenvalue weighted by Gasteiger charge is -2.35. The topological polar surface area (TPSA) is 87.5 Å². The normalized spacial score (nSPS) is 19.1. The third-order valence-electron chi connectivity index (χ3n) is 6.05. The number of aromatic nitrogens is 3. The van der Waals surface area contributed by atoms with Crippen LogP contribution in [-0.4, -0.2) is 59.6 Å². The highest BCUT2D eigenvalue weighted by molar-refractivity contribution is 5.93. The number of rotatable bonds is 4. The van der Waals surface area contributed by atoms with E-state index >= 15 is 0 Å². The maximum atomic E-state index is 11.6. The summed E-state index contributed by atoms with van der Waals surface area (Å²) in [6.07, 6.45) is 4.67. The first-order valence-corrected chi connectivity index (χ1v) is 11.0. The fourth-order valence-electron chi connectivity index (χ4n) is 4.14. The van der Waals surface area contributed by atoms with E-state index in [4.69, 9.17) is 19.2 Å². The molecule has 2 saturated heterocycles. The molecule has 1 N–H and O–H groups in total. The lowest BCUT2D eigenvalue weighted by molar-refractivity contribution is -0.159. The number of fused-ring (bicyclic) bond motifs is 1. The molecule has 0 bridgehead atoms. The molecule has 1 atom stereocenters. The van der Waals surface area contributed by atoms with Gasteiger partial charge in [0, 0.05) is 56.1 Å². The van der Waals surface area contributed by atoms with Crippen molar-refractivity contribution in [3.8, 4) is 17.7 Å². The number of anilines is 1. The number of carbonyl (C=O) groups is 1. The number of carbonyl (C=O) groups excluding carboxylic acids is 1. The number of aryl methyl sites for hydroxylation is 1. The molecular formula is C25H26N4O4. The Bertz CT molecular complexity index is 1270. The molecule has 8 heteroatoms. The summed E-state index contributed by atoms with van der Waals surface area (Å²) < 4.78 is 18.4. The minimum absolute atomic E-state index is 0.177. The smallest absolute Gasteiger partial charge is 0.222 e. The van der Waals surface area contributed by atoms with Crippen LogP contribution in [0.3, 0.4) is 0 Å². The van der Waals surface area contributed by atoms with E-state index in [1.807, 2.05) is 22.9 Å². The van der Waals surface area contributed by atoms with E-state index in [2.05, 4.69) is 35.1 Å². The first-order chi connectivity index (χ1) is 16.0. The second-order valence-electron chi connectivity index (χ2n) is 8.61. The Morgan fingerprint density at radius 1 is 1.30 bits per heavy atom. The van der Waals surface area contributed by atoms with Crippen molar-refractivity contribution in [1.29, 1.82) is 0 Å². The number of hydrogen-bond donors (Lipinski definition) is 1. The Labute approximate surface area is 192 Å². The molecule has 2 aliphatic heterocycles. The van der Waals surface area contributed by atoms with Crippen LogP contribution < -0.4 is 5.32 Å². The van der Waals surface area contributed by atoms with Gasteiger partial charge in [0.05, 0.1) is 30.9 Å². The predicted octanol–water partition coefficient (Wildman–Crippen LogP) is 2.96. The molecule has 8 nitrogen and oxygen atoms in total. The Morgan fingerprint density at radius 3 is 2.82 bits per heavy atom. The van der Waals surface area contributed by atoms with Gasteiger partial charge in [-0.2, -0.15) is 0 Å². The predicted molar refractivity (Wildman–Crippen MR) is 124 cm³/mol. The minimum Gasteiger partial charge on any atom is -0.381 e. The molecule has 33 heavy (non-hydrogen) atoms. The summed E-state index contributed by atoms with van der Waals surface area (Å²) in [6, 6.07) is 6.02. The van der Waals surface area contributed by atoms with Gasteiger partial charge in [0.15, 0.2) is 5.60 Å². The summed E-state index contributed by atoms with van der Waals surface area (Å²) in [5, 5.41) is 3.64. The molecule has 0 saturated carbocycles. The van der Waals surface area contributed by atoms with E-state index in [9.17, 15) is 4.79 Å². The van der Waals surface area contributed by atoms with Crippen molar-refractivity contribution in [2.75, 3.05) is 38.9 Å². The second kappa shape index (κ2) is 8.60. The average Bonchev–Trinajstić information content (AvgIpc) is 3.41. The largest absolute Gasteiger partial charge is 0.381 e. The third-order valence-corrected chi connectivity index (χ3v) is 6.05. The quantitative estimate of drug-likeness (QED) is 0.620. The fraction of sp³-hybridized carbons (Fsp3) is 0.400. The summed E-state index contributed by atoms with van der Waals surface area (Å²) in [4.78, 5) is 21.0. The molecule has 2 aliphatic rings. The number of methoxy groups -OCH3 is 1. The second-order valence-corrected chi connectivity index (χ2v) is 8.61. The van der Waals surface area contributed by atoms with Gasteiger partial charge >= 0.3 is 0 Å². The number of amides is 1. The molecule has 0 radical (unpaired) electrons. The van der Waals surface area contributed by atoms with Gasteiger partial charge in [-0.3, -0.25) is 9.36 Å². The molecule has 3 aromatic rings. The highest BCUT2D eigenvalue weighted by atomic mass is 16.6. The molecule has 1 unspecified atom stereocenters. The van der Waals surface area contributed by atoms with Gasteiger partial charge in [0.1, 0.15) is 11.6 Å². The van der Waals surface area contributed by atoms with Crippen molar-refractivity contribution in [2.45, 2.75) is 31.8 Å². The first-order valence-electron chi connectivity index (χ1n) is 11.0. The van der Waals surface area contributed by atoms with Gasteiger partial charge in [0.25, 0.3) is 0 Å². The summed E-state index contributed by atoms with van der Waals surface area (Å²) in [5.41, 5.74) is 3.25. The van der Waals surface area contributed by atoms with Gasteiger partial charge in [0.2, 0.25) is 5.91 Å². The van der Waals surface area contributed by atoms with Gasteiger partial charge in [-0.1, -0.05) is 11.8 Å². The van der Waals surface area contributed by atoms with E-state index in [1.165, 1.54) is 6.92 Å². The van der Waals surface area contributed by atoms with Gasteiger partial charge in [-0.05, 0) is 31.0 Å². The van der Waals surface area contributed by atoms with Gasteiger partial charge in [-0.25, -0.2) is 9.97 Å². The van der Waals surface area contributed by atoms with E-state index < -0.39 is 5.60 Å². The van der Waals surface area contributed by atoms with Crippen molar-refractivity contribution in [2.24, 2.45) is 0 Å². The van der Waals surface area contributed by atoms with Crippen LogP contribution in [0.15, 0.2) is 30.6 Å². The van der Waals surface area contributed by atoms with Crippen molar-refractivity contribution < 1.29 is 19.0 Å². The molecule has 170 valence electrons. The SMILES string of the molecule is COC1(C#Cc2cn(-c3cc(C)cc(C4CCOC4)n3)c3cc(NC(C)=O)ncc23)COC1. The molecular weight excluding hydrogens is 420 g/mol. The zero-order valence-electron chi connectivity index (χ0n) is 19.0. The van der Waals surface area contributed by atoms with Crippen molar-refractivity contribution in [3.05, 3.63) is 47.4 Å².